The zero-order valence-electron chi connectivity index (χ0n) is 9.81. The summed E-state index contributed by atoms with van der Waals surface area (Å²) in [6, 6.07) is 2.11. The fraction of sp³-hybridized carbons (Fsp3) is 0.538. The quantitative estimate of drug-likeness (QED) is 0.854. The molecule has 0 aliphatic carbocycles. The Hall–Kier alpha value is -0.470. The van der Waals surface area contributed by atoms with Crippen molar-refractivity contribution in [1.29, 1.82) is 0 Å². The predicted octanol–water partition coefficient (Wildman–Crippen LogP) is 2.50. The fourth-order valence-corrected chi connectivity index (χ4v) is 3.93. The second-order valence-corrected chi connectivity index (χ2v) is 6.20. The van der Waals surface area contributed by atoms with E-state index in [0.717, 1.165) is 24.3 Å². The molecule has 0 amide bonds. The summed E-state index contributed by atoms with van der Waals surface area (Å²) < 4.78 is 5.54. The lowest BCUT2D eigenvalue weighted by atomic mass is 10.3. The van der Waals surface area contributed by atoms with Crippen molar-refractivity contribution in [2.24, 2.45) is 0 Å². The van der Waals surface area contributed by atoms with E-state index in [2.05, 4.69) is 24.8 Å². The number of hydrogen-bond acceptors (Lipinski definition) is 4. The number of hydrogen-bond donors (Lipinski definition) is 1. The molecule has 2 heterocycles. The first-order valence-electron chi connectivity index (χ1n) is 5.70. The third kappa shape index (κ3) is 3.75. The summed E-state index contributed by atoms with van der Waals surface area (Å²) in [4.78, 5) is 1.34. The minimum Gasteiger partial charge on any atom is -0.384 e. The average Bonchev–Trinajstić information content (AvgIpc) is 2.93. The van der Waals surface area contributed by atoms with Crippen LogP contribution < -0.4 is 0 Å². The molecular formula is C13H16O2S2. The number of thioether (sulfide) groups is 1. The number of aliphatic hydroxyl groups is 1. The Balaban J connectivity index is 1.84. The Morgan fingerprint density at radius 3 is 3.24 bits per heavy atom. The highest BCUT2D eigenvalue weighted by Gasteiger charge is 2.24. The molecule has 17 heavy (non-hydrogen) atoms. The molecule has 1 aromatic rings. The van der Waals surface area contributed by atoms with Gasteiger partial charge in [0, 0.05) is 33.4 Å². The first kappa shape index (κ1) is 13.0. The molecular weight excluding hydrogens is 252 g/mol. The van der Waals surface area contributed by atoms with Gasteiger partial charge in [-0.3, -0.25) is 0 Å². The first-order valence-corrected chi connectivity index (χ1v) is 7.63. The van der Waals surface area contributed by atoms with E-state index in [-0.39, 0.29) is 6.61 Å². The molecule has 1 fully saturated rings. The molecule has 0 bridgehead atoms. The van der Waals surface area contributed by atoms with Crippen LogP contribution in [0.3, 0.4) is 0 Å². The SMILES string of the molecule is CC1OCCC1SCc1cc(C#CCO)cs1. The zero-order valence-corrected chi connectivity index (χ0v) is 11.4. The summed E-state index contributed by atoms with van der Waals surface area (Å²) >= 11 is 3.71. The van der Waals surface area contributed by atoms with Crippen LogP contribution in [0.25, 0.3) is 0 Å². The van der Waals surface area contributed by atoms with E-state index in [4.69, 9.17) is 9.84 Å². The largest absolute Gasteiger partial charge is 0.384 e. The standard InChI is InChI=1S/C13H16O2S2/c1-10-13(4-6-15-10)17-9-12-7-11(8-16-12)3-2-5-14/h7-8,10,13-14H,4-6,9H2,1H3. The van der Waals surface area contributed by atoms with Gasteiger partial charge < -0.3 is 9.84 Å². The maximum absolute atomic E-state index is 8.62. The maximum Gasteiger partial charge on any atom is 0.104 e. The van der Waals surface area contributed by atoms with E-state index >= 15 is 0 Å². The first-order chi connectivity index (χ1) is 8.29. The van der Waals surface area contributed by atoms with Crippen molar-refractivity contribution in [2.75, 3.05) is 13.2 Å². The van der Waals surface area contributed by atoms with Gasteiger partial charge in [0.05, 0.1) is 6.10 Å². The van der Waals surface area contributed by atoms with Crippen molar-refractivity contribution in [3.8, 4) is 11.8 Å². The molecule has 1 aromatic heterocycles. The van der Waals surface area contributed by atoms with Crippen molar-refractivity contribution in [3.63, 3.8) is 0 Å². The number of aliphatic hydroxyl groups excluding tert-OH is 1. The summed E-state index contributed by atoms with van der Waals surface area (Å²) in [5.74, 6) is 6.63. The van der Waals surface area contributed by atoms with E-state index in [1.165, 1.54) is 4.88 Å². The third-order valence-corrected chi connectivity index (χ3v) is 5.36. The molecule has 92 valence electrons. The Kier molecular flexibility index (Phi) is 4.93. The Morgan fingerprint density at radius 2 is 2.53 bits per heavy atom. The average molecular weight is 268 g/mol. The van der Waals surface area contributed by atoms with Gasteiger partial charge in [0.2, 0.25) is 0 Å². The zero-order chi connectivity index (χ0) is 12.1. The van der Waals surface area contributed by atoms with Crippen LogP contribution >= 0.6 is 23.1 Å². The molecule has 1 N–H and O–H groups in total. The lowest BCUT2D eigenvalue weighted by Gasteiger charge is -2.12. The predicted molar refractivity (Wildman–Crippen MR) is 73.4 cm³/mol. The van der Waals surface area contributed by atoms with Gasteiger partial charge in [-0.2, -0.15) is 11.8 Å². The molecule has 0 saturated carbocycles. The minimum atomic E-state index is -0.0726. The summed E-state index contributed by atoms with van der Waals surface area (Å²) in [6.45, 7) is 2.98. The fourth-order valence-electron chi connectivity index (χ4n) is 1.78. The van der Waals surface area contributed by atoms with Crippen LogP contribution in [0.1, 0.15) is 23.8 Å². The van der Waals surface area contributed by atoms with Gasteiger partial charge >= 0.3 is 0 Å². The van der Waals surface area contributed by atoms with Crippen molar-refractivity contribution in [1.82, 2.24) is 0 Å². The highest BCUT2D eigenvalue weighted by Crippen LogP contribution is 2.30. The van der Waals surface area contributed by atoms with E-state index in [9.17, 15) is 0 Å². The van der Waals surface area contributed by atoms with Crippen molar-refractivity contribution < 1.29 is 9.84 Å². The van der Waals surface area contributed by atoms with Crippen LogP contribution in [0, 0.1) is 11.8 Å². The van der Waals surface area contributed by atoms with E-state index in [1.807, 2.05) is 17.1 Å². The third-order valence-electron chi connectivity index (χ3n) is 2.71. The molecule has 4 heteroatoms. The number of rotatable bonds is 3. The van der Waals surface area contributed by atoms with Gasteiger partial charge in [-0.05, 0) is 19.4 Å². The van der Waals surface area contributed by atoms with Gasteiger partial charge in [0.15, 0.2) is 0 Å². The van der Waals surface area contributed by atoms with Crippen LogP contribution in [-0.4, -0.2) is 29.7 Å². The van der Waals surface area contributed by atoms with E-state index in [1.54, 1.807) is 11.3 Å². The second-order valence-electron chi connectivity index (χ2n) is 3.98. The van der Waals surface area contributed by atoms with Crippen molar-refractivity contribution in [2.45, 2.75) is 30.5 Å². The Labute approximate surface area is 110 Å². The van der Waals surface area contributed by atoms with Crippen LogP contribution in [0.5, 0.6) is 0 Å². The Morgan fingerprint density at radius 1 is 1.65 bits per heavy atom. The molecule has 2 rings (SSSR count). The van der Waals surface area contributed by atoms with Crippen LogP contribution in [0.15, 0.2) is 11.4 Å². The monoisotopic (exact) mass is 268 g/mol. The van der Waals surface area contributed by atoms with E-state index in [0.29, 0.717) is 11.4 Å². The van der Waals surface area contributed by atoms with Gasteiger partial charge in [-0.1, -0.05) is 11.8 Å². The van der Waals surface area contributed by atoms with Crippen LogP contribution in [0.4, 0.5) is 0 Å². The van der Waals surface area contributed by atoms with Crippen molar-refractivity contribution in [3.05, 3.63) is 21.9 Å². The summed E-state index contributed by atoms with van der Waals surface area (Å²) in [5.41, 5.74) is 1.01. The van der Waals surface area contributed by atoms with Gasteiger partial charge in [-0.25, -0.2) is 0 Å². The lowest BCUT2D eigenvalue weighted by molar-refractivity contribution is 0.127. The molecule has 2 unspecified atom stereocenters. The molecule has 1 aliphatic rings. The lowest BCUT2D eigenvalue weighted by Crippen LogP contribution is -2.13. The number of ether oxygens (including phenoxy) is 1. The molecule has 1 saturated heterocycles. The van der Waals surface area contributed by atoms with E-state index < -0.39 is 0 Å². The molecule has 0 aromatic carbocycles. The molecule has 1 aliphatic heterocycles. The normalized spacial score (nSPS) is 23.4. The molecule has 2 atom stereocenters. The van der Waals surface area contributed by atoms with Gasteiger partial charge in [0.25, 0.3) is 0 Å². The van der Waals surface area contributed by atoms with Crippen LogP contribution in [0.2, 0.25) is 0 Å². The summed E-state index contributed by atoms with van der Waals surface area (Å²) in [7, 11) is 0. The second kappa shape index (κ2) is 6.46. The maximum atomic E-state index is 8.62. The van der Waals surface area contributed by atoms with Crippen LogP contribution in [-0.2, 0) is 10.5 Å². The van der Waals surface area contributed by atoms with Gasteiger partial charge in [-0.15, -0.1) is 11.3 Å². The highest BCUT2D eigenvalue weighted by molar-refractivity contribution is 7.99. The molecule has 0 radical (unpaired) electrons. The molecule has 0 spiro atoms. The Bertz CT molecular complexity index is 417. The van der Waals surface area contributed by atoms with Gasteiger partial charge in [0.1, 0.15) is 6.61 Å². The topological polar surface area (TPSA) is 29.5 Å². The van der Waals surface area contributed by atoms with Crippen molar-refractivity contribution >= 4 is 23.1 Å². The summed E-state index contributed by atoms with van der Waals surface area (Å²) in [5, 5.41) is 11.3. The number of thiophene rings is 1. The smallest absolute Gasteiger partial charge is 0.104 e. The minimum absolute atomic E-state index is 0.0726. The summed E-state index contributed by atoms with van der Waals surface area (Å²) in [6.07, 6.45) is 1.54. The highest BCUT2D eigenvalue weighted by atomic mass is 32.2. The molecule has 2 nitrogen and oxygen atoms in total.